The van der Waals surface area contributed by atoms with Crippen molar-refractivity contribution in [2.24, 2.45) is 5.92 Å². The van der Waals surface area contributed by atoms with Gasteiger partial charge in [-0.05, 0) is 30.0 Å². The van der Waals surface area contributed by atoms with Gasteiger partial charge in [0.2, 0.25) is 0 Å². The van der Waals surface area contributed by atoms with E-state index in [4.69, 9.17) is 16.3 Å². The molecule has 18 heavy (non-hydrogen) atoms. The van der Waals surface area contributed by atoms with Crippen LogP contribution in [0.5, 0.6) is 0 Å². The zero-order valence-electron chi connectivity index (χ0n) is 10.5. The molecule has 1 aliphatic heterocycles. The van der Waals surface area contributed by atoms with Gasteiger partial charge in [-0.1, -0.05) is 31.5 Å². The van der Waals surface area contributed by atoms with E-state index in [2.05, 4.69) is 19.2 Å². The van der Waals surface area contributed by atoms with Crippen molar-refractivity contribution in [3.8, 4) is 0 Å². The molecule has 0 unspecified atom stereocenters. The summed E-state index contributed by atoms with van der Waals surface area (Å²) in [5, 5.41) is 3.87. The number of rotatable bonds is 4. The molecular weight excluding hydrogens is 250 g/mol. The molecule has 0 aromatic heterocycles. The molecule has 0 aliphatic carbocycles. The number of anilines is 1. The van der Waals surface area contributed by atoms with Crippen LogP contribution in [0.4, 0.5) is 5.69 Å². The van der Waals surface area contributed by atoms with E-state index in [9.17, 15) is 4.79 Å². The predicted molar refractivity (Wildman–Crippen MR) is 72.7 cm³/mol. The second-order valence-electron chi connectivity index (χ2n) is 4.81. The number of carbonyl (C=O) groups excluding carboxylic acids is 1. The summed E-state index contributed by atoms with van der Waals surface area (Å²) in [6.07, 6.45) is 2.42. The molecule has 0 atom stereocenters. The molecule has 0 radical (unpaired) electrons. The number of nitrogens with one attached hydrogen (secondary N) is 1. The second-order valence-corrected chi connectivity index (χ2v) is 5.21. The van der Waals surface area contributed by atoms with Gasteiger partial charge in [0, 0.05) is 16.8 Å². The smallest absolute Gasteiger partial charge is 0.333 e. The van der Waals surface area contributed by atoms with Gasteiger partial charge >= 0.3 is 5.97 Å². The van der Waals surface area contributed by atoms with Crippen LogP contribution in [-0.2, 0) is 16.0 Å². The first-order valence-electron chi connectivity index (χ1n) is 5.97. The third-order valence-corrected chi connectivity index (χ3v) is 3.00. The first kappa shape index (κ1) is 13.0. The summed E-state index contributed by atoms with van der Waals surface area (Å²) in [5.74, 6) is 0.268. The topological polar surface area (TPSA) is 38.3 Å². The van der Waals surface area contributed by atoms with E-state index in [1.807, 2.05) is 18.2 Å². The lowest BCUT2D eigenvalue weighted by Crippen LogP contribution is -2.02. The normalized spacial score (nSPS) is 14.7. The Morgan fingerprint density at radius 3 is 2.78 bits per heavy atom. The van der Waals surface area contributed by atoms with Crippen molar-refractivity contribution in [2.75, 3.05) is 11.9 Å². The van der Waals surface area contributed by atoms with E-state index in [0.717, 1.165) is 28.4 Å². The van der Waals surface area contributed by atoms with Gasteiger partial charge < -0.3 is 10.1 Å². The van der Waals surface area contributed by atoms with Crippen molar-refractivity contribution in [3.63, 3.8) is 0 Å². The van der Waals surface area contributed by atoms with Gasteiger partial charge in [0.15, 0.2) is 0 Å². The maximum absolute atomic E-state index is 10.9. The maximum Gasteiger partial charge on any atom is 0.333 e. The Kier molecular flexibility index (Phi) is 3.92. The summed E-state index contributed by atoms with van der Waals surface area (Å²) in [6, 6.07) is 5.86. The van der Waals surface area contributed by atoms with Gasteiger partial charge in [-0.2, -0.15) is 0 Å². The minimum Gasteiger partial charge on any atom is -0.456 e. The van der Waals surface area contributed by atoms with Crippen LogP contribution in [0.25, 0.3) is 0 Å². The molecule has 1 N–H and O–H groups in total. The molecule has 0 amide bonds. The van der Waals surface area contributed by atoms with E-state index in [0.29, 0.717) is 12.5 Å². The van der Waals surface area contributed by atoms with Crippen LogP contribution >= 0.6 is 11.6 Å². The average Bonchev–Trinajstić information content (AvgIpc) is 2.68. The molecular formula is C14H16ClNO2. The van der Waals surface area contributed by atoms with Gasteiger partial charge in [0.1, 0.15) is 6.61 Å². The van der Waals surface area contributed by atoms with Crippen molar-refractivity contribution < 1.29 is 9.53 Å². The standard InChI is InChI=1S/C14H16ClNO2/c1-9(2)5-10-3-4-11(6-13(10)15)16-12-7-14(17)18-8-12/h3-4,6-7,9,16H,5,8H2,1-2H3. The van der Waals surface area contributed by atoms with Crippen LogP contribution in [0.1, 0.15) is 19.4 Å². The molecule has 0 bridgehead atoms. The minimum atomic E-state index is -0.306. The van der Waals surface area contributed by atoms with Crippen molar-refractivity contribution in [1.29, 1.82) is 0 Å². The molecule has 1 heterocycles. The number of hydrogen-bond donors (Lipinski definition) is 1. The molecule has 0 saturated heterocycles. The van der Waals surface area contributed by atoms with Crippen molar-refractivity contribution >= 4 is 23.3 Å². The van der Waals surface area contributed by atoms with Gasteiger partial charge in [0.25, 0.3) is 0 Å². The Morgan fingerprint density at radius 2 is 2.22 bits per heavy atom. The number of carbonyl (C=O) groups is 1. The van der Waals surface area contributed by atoms with E-state index >= 15 is 0 Å². The SMILES string of the molecule is CC(C)Cc1ccc(NC2=CC(=O)OC2)cc1Cl. The highest BCUT2D eigenvalue weighted by atomic mass is 35.5. The van der Waals surface area contributed by atoms with Gasteiger partial charge in [-0.3, -0.25) is 0 Å². The molecule has 1 aliphatic rings. The Balaban J connectivity index is 2.09. The monoisotopic (exact) mass is 265 g/mol. The molecule has 2 rings (SSSR count). The predicted octanol–water partition coefficient (Wildman–Crippen LogP) is 3.39. The molecule has 1 aromatic carbocycles. The number of benzene rings is 1. The summed E-state index contributed by atoms with van der Waals surface area (Å²) in [5.41, 5.74) is 2.77. The van der Waals surface area contributed by atoms with Crippen LogP contribution in [0, 0.1) is 5.92 Å². The van der Waals surface area contributed by atoms with Gasteiger partial charge in [-0.15, -0.1) is 0 Å². The van der Waals surface area contributed by atoms with Crippen molar-refractivity contribution in [2.45, 2.75) is 20.3 Å². The van der Waals surface area contributed by atoms with Crippen LogP contribution in [0.3, 0.4) is 0 Å². The summed E-state index contributed by atoms with van der Waals surface area (Å²) in [6.45, 7) is 4.62. The Morgan fingerprint density at radius 1 is 1.44 bits per heavy atom. The molecule has 0 fully saturated rings. The Bertz CT molecular complexity index is 495. The van der Waals surface area contributed by atoms with E-state index in [1.165, 1.54) is 6.08 Å². The molecule has 3 nitrogen and oxygen atoms in total. The van der Waals surface area contributed by atoms with Crippen LogP contribution in [-0.4, -0.2) is 12.6 Å². The third-order valence-electron chi connectivity index (χ3n) is 2.65. The highest BCUT2D eigenvalue weighted by Crippen LogP contribution is 2.24. The fraction of sp³-hybridized carbons (Fsp3) is 0.357. The van der Waals surface area contributed by atoms with Crippen molar-refractivity contribution in [1.82, 2.24) is 0 Å². The highest BCUT2D eigenvalue weighted by Gasteiger charge is 2.13. The zero-order valence-corrected chi connectivity index (χ0v) is 11.3. The molecule has 4 heteroatoms. The van der Waals surface area contributed by atoms with Crippen LogP contribution in [0.2, 0.25) is 5.02 Å². The quantitative estimate of drug-likeness (QED) is 0.848. The lowest BCUT2D eigenvalue weighted by molar-refractivity contribution is -0.134. The first-order valence-corrected chi connectivity index (χ1v) is 6.35. The fourth-order valence-electron chi connectivity index (χ4n) is 1.86. The van der Waals surface area contributed by atoms with Crippen LogP contribution in [0.15, 0.2) is 30.0 Å². The van der Waals surface area contributed by atoms with Gasteiger partial charge in [0.05, 0.1) is 5.70 Å². The van der Waals surface area contributed by atoms with E-state index in [1.54, 1.807) is 0 Å². The summed E-state index contributed by atoms with van der Waals surface area (Å²) >= 11 is 6.23. The number of esters is 1. The maximum atomic E-state index is 10.9. The highest BCUT2D eigenvalue weighted by molar-refractivity contribution is 6.31. The Hall–Kier alpha value is -1.48. The average molecular weight is 266 g/mol. The summed E-state index contributed by atoms with van der Waals surface area (Å²) in [4.78, 5) is 10.9. The lowest BCUT2D eigenvalue weighted by Gasteiger charge is -2.11. The van der Waals surface area contributed by atoms with E-state index < -0.39 is 0 Å². The number of cyclic esters (lactones) is 1. The number of halogens is 1. The number of ether oxygens (including phenoxy) is 1. The van der Waals surface area contributed by atoms with Gasteiger partial charge in [-0.25, -0.2) is 4.79 Å². The summed E-state index contributed by atoms with van der Waals surface area (Å²) in [7, 11) is 0. The Labute approximate surface area is 112 Å². The first-order chi connectivity index (χ1) is 8.54. The molecule has 1 aromatic rings. The second kappa shape index (κ2) is 5.44. The minimum absolute atomic E-state index is 0.296. The zero-order chi connectivity index (χ0) is 13.1. The summed E-state index contributed by atoms with van der Waals surface area (Å²) < 4.78 is 4.82. The molecule has 0 saturated carbocycles. The largest absolute Gasteiger partial charge is 0.456 e. The molecule has 96 valence electrons. The number of hydrogen-bond acceptors (Lipinski definition) is 3. The van der Waals surface area contributed by atoms with Crippen LogP contribution < -0.4 is 5.32 Å². The third kappa shape index (κ3) is 3.26. The molecule has 0 spiro atoms. The fourth-order valence-corrected chi connectivity index (χ4v) is 2.12. The van der Waals surface area contributed by atoms with Crippen molar-refractivity contribution in [3.05, 3.63) is 40.6 Å². The van der Waals surface area contributed by atoms with E-state index in [-0.39, 0.29) is 5.97 Å². The lowest BCUT2D eigenvalue weighted by atomic mass is 10.0.